The van der Waals surface area contributed by atoms with Crippen molar-refractivity contribution < 1.29 is 0 Å². The van der Waals surface area contributed by atoms with E-state index in [1.165, 1.54) is 5.56 Å². The van der Waals surface area contributed by atoms with E-state index in [1.807, 2.05) is 31.2 Å². The summed E-state index contributed by atoms with van der Waals surface area (Å²) >= 11 is 7.91. The van der Waals surface area contributed by atoms with E-state index in [2.05, 4.69) is 16.8 Å². The SMILES string of the molecule is CC(N)(CCc1ccsc1)c1ccccc1Cl. The smallest absolute Gasteiger partial charge is 0.0456 e. The number of hydrogen-bond donors (Lipinski definition) is 1. The molecule has 1 atom stereocenters. The average Bonchev–Trinajstić information content (AvgIpc) is 2.80. The molecule has 17 heavy (non-hydrogen) atoms. The second-order valence-corrected chi connectivity index (χ2v) is 5.72. The van der Waals surface area contributed by atoms with E-state index >= 15 is 0 Å². The summed E-state index contributed by atoms with van der Waals surface area (Å²) < 4.78 is 0. The molecule has 2 rings (SSSR count). The fraction of sp³-hybridized carbons (Fsp3) is 0.286. The first-order valence-electron chi connectivity index (χ1n) is 5.64. The van der Waals surface area contributed by atoms with Gasteiger partial charge in [-0.3, -0.25) is 0 Å². The molecule has 1 heterocycles. The molecule has 0 fully saturated rings. The number of rotatable bonds is 4. The lowest BCUT2D eigenvalue weighted by molar-refractivity contribution is 0.453. The maximum Gasteiger partial charge on any atom is 0.0456 e. The molecule has 0 bridgehead atoms. The minimum Gasteiger partial charge on any atom is -0.322 e. The minimum absolute atomic E-state index is 0.375. The molecule has 1 unspecified atom stereocenters. The Morgan fingerprint density at radius 3 is 2.71 bits per heavy atom. The summed E-state index contributed by atoms with van der Waals surface area (Å²) in [5.74, 6) is 0. The predicted octanol–water partition coefficient (Wildman–Crippen LogP) is 4.21. The van der Waals surface area contributed by atoms with Crippen LogP contribution in [0.3, 0.4) is 0 Å². The van der Waals surface area contributed by atoms with Crippen molar-refractivity contribution in [2.24, 2.45) is 5.73 Å². The highest BCUT2D eigenvalue weighted by Gasteiger charge is 2.23. The van der Waals surface area contributed by atoms with Crippen molar-refractivity contribution in [2.75, 3.05) is 0 Å². The van der Waals surface area contributed by atoms with Gasteiger partial charge in [-0.05, 0) is 53.8 Å². The van der Waals surface area contributed by atoms with Gasteiger partial charge >= 0.3 is 0 Å². The third kappa shape index (κ3) is 3.09. The molecule has 0 saturated heterocycles. The standard InChI is InChI=1S/C14H16ClNS/c1-14(16,8-6-11-7-9-17-10-11)12-4-2-3-5-13(12)15/h2-5,7,9-10H,6,8,16H2,1H3. The summed E-state index contributed by atoms with van der Waals surface area (Å²) in [7, 11) is 0. The number of aryl methyl sites for hydroxylation is 1. The summed E-state index contributed by atoms with van der Waals surface area (Å²) in [6.07, 6.45) is 1.88. The van der Waals surface area contributed by atoms with Gasteiger partial charge in [-0.2, -0.15) is 11.3 Å². The van der Waals surface area contributed by atoms with Crippen LogP contribution in [0.15, 0.2) is 41.1 Å². The van der Waals surface area contributed by atoms with Crippen molar-refractivity contribution in [2.45, 2.75) is 25.3 Å². The zero-order chi connectivity index (χ0) is 12.3. The maximum absolute atomic E-state index is 6.37. The van der Waals surface area contributed by atoms with Gasteiger partial charge in [-0.15, -0.1) is 0 Å². The molecule has 0 aliphatic carbocycles. The Hall–Kier alpha value is -0.830. The lowest BCUT2D eigenvalue weighted by Gasteiger charge is -2.26. The van der Waals surface area contributed by atoms with Crippen molar-refractivity contribution in [3.63, 3.8) is 0 Å². The Labute approximate surface area is 111 Å². The average molecular weight is 266 g/mol. The highest BCUT2D eigenvalue weighted by Crippen LogP contribution is 2.29. The van der Waals surface area contributed by atoms with Crippen LogP contribution in [0.2, 0.25) is 5.02 Å². The maximum atomic E-state index is 6.37. The molecule has 0 saturated carbocycles. The van der Waals surface area contributed by atoms with E-state index in [0.29, 0.717) is 0 Å². The van der Waals surface area contributed by atoms with Crippen LogP contribution >= 0.6 is 22.9 Å². The monoisotopic (exact) mass is 265 g/mol. The van der Waals surface area contributed by atoms with E-state index in [0.717, 1.165) is 23.4 Å². The highest BCUT2D eigenvalue weighted by molar-refractivity contribution is 7.07. The minimum atomic E-state index is -0.375. The molecule has 2 N–H and O–H groups in total. The van der Waals surface area contributed by atoms with Crippen LogP contribution < -0.4 is 5.73 Å². The van der Waals surface area contributed by atoms with Crippen LogP contribution in [0, 0.1) is 0 Å². The lowest BCUT2D eigenvalue weighted by Crippen LogP contribution is -2.33. The topological polar surface area (TPSA) is 26.0 Å². The first kappa shape index (κ1) is 12.6. The quantitative estimate of drug-likeness (QED) is 0.881. The second-order valence-electron chi connectivity index (χ2n) is 4.53. The molecular formula is C14H16ClNS. The van der Waals surface area contributed by atoms with Crippen LogP contribution in [0.25, 0.3) is 0 Å². The van der Waals surface area contributed by atoms with E-state index in [1.54, 1.807) is 11.3 Å². The Morgan fingerprint density at radius 1 is 1.29 bits per heavy atom. The molecule has 90 valence electrons. The molecule has 0 radical (unpaired) electrons. The lowest BCUT2D eigenvalue weighted by atomic mass is 9.87. The van der Waals surface area contributed by atoms with Gasteiger partial charge in [0.25, 0.3) is 0 Å². The van der Waals surface area contributed by atoms with Crippen molar-refractivity contribution in [1.82, 2.24) is 0 Å². The third-order valence-corrected chi connectivity index (χ3v) is 4.06. The summed E-state index contributed by atoms with van der Waals surface area (Å²) in [6, 6.07) is 9.97. The molecule has 0 aliphatic heterocycles. The fourth-order valence-electron chi connectivity index (χ4n) is 1.90. The van der Waals surface area contributed by atoms with Gasteiger partial charge < -0.3 is 5.73 Å². The molecule has 0 amide bonds. The van der Waals surface area contributed by atoms with Gasteiger partial charge in [0.2, 0.25) is 0 Å². The molecule has 1 aromatic heterocycles. The number of nitrogens with two attached hydrogens (primary N) is 1. The number of hydrogen-bond acceptors (Lipinski definition) is 2. The van der Waals surface area contributed by atoms with Gasteiger partial charge in [-0.25, -0.2) is 0 Å². The van der Waals surface area contributed by atoms with Crippen LogP contribution in [-0.2, 0) is 12.0 Å². The second kappa shape index (κ2) is 5.21. The van der Waals surface area contributed by atoms with Crippen molar-refractivity contribution in [3.8, 4) is 0 Å². The van der Waals surface area contributed by atoms with Crippen molar-refractivity contribution in [1.29, 1.82) is 0 Å². The van der Waals surface area contributed by atoms with E-state index in [4.69, 9.17) is 17.3 Å². The van der Waals surface area contributed by atoms with Gasteiger partial charge in [0.1, 0.15) is 0 Å². The third-order valence-electron chi connectivity index (χ3n) is 3.00. The van der Waals surface area contributed by atoms with E-state index in [-0.39, 0.29) is 5.54 Å². The van der Waals surface area contributed by atoms with Crippen molar-refractivity contribution >= 4 is 22.9 Å². The number of halogens is 1. The normalized spacial score (nSPS) is 14.5. The van der Waals surface area contributed by atoms with Gasteiger partial charge in [-0.1, -0.05) is 29.8 Å². The molecule has 1 aromatic carbocycles. The Bertz CT molecular complexity index is 477. The molecule has 0 aliphatic rings. The van der Waals surface area contributed by atoms with Gasteiger partial charge in [0.15, 0.2) is 0 Å². The number of thiophene rings is 1. The summed E-state index contributed by atoms with van der Waals surface area (Å²) in [6.45, 7) is 2.04. The van der Waals surface area contributed by atoms with Crippen LogP contribution in [0.1, 0.15) is 24.5 Å². The van der Waals surface area contributed by atoms with Crippen LogP contribution in [-0.4, -0.2) is 0 Å². The van der Waals surface area contributed by atoms with Gasteiger partial charge in [0, 0.05) is 10.6 Å². The molecule has 3 heteroatoms. The van der Waals surface area contributed by atoms with Gasteiger partial charge in [0.05, 0.1) is 0 Å². The molecule has 0 spiro atoms. The van der Waals surface area contributed by atoms with Crippen molar-refractivity contribution in [3.05, 3.63) is 57.2 Å². The zero-order valence-corrected chi connectivity index (χ0v) is 11.4. The Morgan fingerprint density at radius 2 is 2.06 bits per heavy atom. The fourth-order valence-corrected chi connectivity index (χ4v) is 2.95. The first-order valence-corrected chi connectivity index (χ1v) is 6.96. The summed E-state index contributed by atoms with van der Waals surface area (Å²) in [4.78, 5) is 0. The first-order chi connectivity index (χ1) is 8.09. The Kier molecular flexibility index (Phi) is 3.87. The predicted molar refractivity (Wildman–Crippen MR) is 75.6 cm³/mol. The molecular weight excluding hydrogens is 250 g/mol. The molecule has 2 aromatic rings. The Balaban J connectivity index is 2.11. The largest absolute Gasteiger partial charge is 0.322 e. The zero-order valence-electron chi connectivity index (χ0n) is 9.82. The number of benzene rings is 1. The highest BCUT2D eigenvalue weighted by atomic mass is 35.5. The van der Waals surface area contributed by atoms with Crippen LogP contribution in [0.4, 0.5) is 0 Å². The van der Waals surface area contributed by atoms with E-state index < -0.39 is 0 Å². The summed E-state index contributed by atoms with van der Waals surface area (Å²) in [5.41, 5.74) is 8.37. The summed E-state index contributed by atoms with van der Waals surface area (Å²) in [5, 5.41) is 5.02. The molecule has 1 nitrogen and oxygen atoms in total. The van der Waals surface area contributed by atoms with E-state index in [9.17, 15) is 0 Å². The van der Waals surface area contributed by atoms with Crippen LogP contribution in [0.5, 0.6) is 0 Å².